The molecule has 0 aliphatic heterocycles. The van der Waals surface area contributed by atoms with Crippen molar-refractivity contribution in [3.8, 4) is 36.0 Å². The van der Waals surface area contributed by atoms with E-state index in [4.69, 9.17) is 11.2 Å². The Kier molecular flexibility index (Phi) is 6.57. The second-order valence-corrected chi connectivity index (χ2v) is 3.18. The van der Waals surface area contributed by atoms with Crippen LogP contribution in [0.3, 0.4) is 0 Å². The summed E-state index contributed by atoms with van der Waals surface area (Å²) in [5.74, 6) is 12.4. The maximum atomic E-state index is 5.47. The molecule has 1 nitrogen and oxygen atoms in total. The predicted octanol–water partition coefficient (Wildman–Crippen LogP) is 2.16. The lowest BCUT2D eigenvalue weighted by atomic mass is 10.1. The van der Waals surface area contributed by atoms with Gasteiger partial charge in [-0.25, -0.2) is 0 Å². The van der Waals surface area contributed by atoms with Crippen molar-refractivity contribution in [3.63, 3.8) is 0 Å². The van der Waals surface area contributed by atoms with Gasteiger partial charge in [-0.3, -0.25) is 0 Å². The zero-order valence-corrected chi connectivity index (χ0v) is 9.13. The Morgan fingerprint density at radius 1 is 1.33 bits per heavy atom. The van der Waals surface area contributed by atoms with E-state index in [1.54, 1.807) is 12.2 Å². The van der Waals surface area contributed by atoms with Crippen molar-refractivity contribution in [1.29, 1.82) is 0 Å². The molecular weight excluding hydrogens is 184 g/mol. The topological polar surface area (TPSA) is 9.23 Å². The molecule has 0 N–H and O–H groups in total. The van der Waals surface area contributed by atoms with Crippen LogP contribution in [-0.4, -0.2) is 12.2 Å². The summed E-state index contributed by atoms with van der Waals surface area (Å²) in [6.45, 7) is 8.05. The van der Waals surface area contributed by atoms with Gasteiger partial charge in [0.2, 0.25) is 0 Å². The van der Waals surface area contributed by atoms with Gasteiger partial charge in [-0.15, -0.1) is 13.0 Å². The van der Waals surface area contributed by atoms with Crippen LogP contribution in [0.4, 0.5) is 0 Å². The third-order valence-electron chi connectivity index (χ3n) is 1.51. The smallest absolute Gasteiger partial charge is 0.0808 e. The van der Waals surface area contributed by atoms with Crippen LogP contribution in [-0.2, 0) is 4.74 Å². The maximum Gasteiger partial charge on any atom is 0.0808 e. The molecule has 0 saturated carbocycles. The van der Waals surface area contributed by atoms with Gasteiger partial charge in [-0.05, 0) is 43.6 Å². The highest BCUT2D eigenvalue weighted by molar-refractivity contribution is 5.36. The second-order valence-electron chi connectivity index (χ2n) is 3.18. The van der Waals surface area contributed by atoms with E-state index in [2.05, 4.69) is 36.2 Å². The lowest BCUT2D eigenvalue weighted by Crippen LogP contribution is -2.20. The zero-order valence-electron chi connectivity index (χ0n) is 9.13. The molecule has 0 atom stereocenters. The molecule has 0 aromatic carbocycles. The highest BCUT2D eigenvalue weighted by atomic mass is 16.5. The van der Waals surface area contributed by atoms with Crippen molar-refractivity contribution in [1.82, 2.24) is 0 Å². The summed E-state index contributed by atoms with van der Waals surface area (Å²) in [7, 11) is 0. The van der Waals surface area contributed by atoms with Crippen molar-refractivity contribution < 1.29 is 4.74 Å². The van der Waals surface area contributed by atoms with Crippen molar-refractivity contribution in [2.24, 2.45) is 0 Å². The average Bonchev–Trinajstić information content (AvgIpc) is 2.22. The van der Waals surface area contributed by atoms with Gasteiger partial charge in [-0.2, -0.15) is 0 Å². The summed E-state index contributed by atoms with van der Waals surface area (Å²) < 4.78 is 5.47. The molecule has 0 aliphatic carbocycles. The summed E-state index contributed by atoms with van der Waals surface area (Å²) in [6.07, 6.45) is 10.2. The quantitative estimate of drug-likeness (QED) is 0.497. The second kappa shape index (κ2) is 7.52. The molecule has 0 rings (SSSR count). The van der Waals surface area contributed by atoms with Crippen LogP contribution in [0, 0.1) is 36.0 Å². The van der Waals surface area contributed by atoms with Gasteiger partial charge >= 0.3 is 0 Å². The monoisotopic (exact) mass is 198 g/mol. The molecule has 1 heteroatoms. The fraction of sp³-hybridized carbons (Fsp3) is 0.286. The minimum atomic E-state index is -0.305. The predicted molar refractivity (Wildman–Crippen MR) is 63.8 cm³/mol. The van der Waals surface area contributed by atoms with E-state index >= 15 is 0 Å². The van der Waals surface area contributed by atoms with Crippen LogP contribution in [0.5, 0.6) is 0 Å². The molecule has 0 heterocycles. The molecule has 0 radical (unpaired) electrons. The van der Waals surface area contributed by atoms with Gasteiger partial charge in [0, 0.05) is 0 Å². The van der Waals surface area contributed by atoms with Gasteiger partial charge in [0.25, 0.3) is 0 Å². The van der Waals surface area contributed by atoms with Crippen molar-refractivity contribution in [3.05, 3.63) is 24.8 Å². The van der Waals surface area contributed by atoms with Gasteiger partial charge in [-0.1, -0.05) is 18.1 Å². The summed E-state index contributed by atoms with van der Waals surface area (Å²) in [6, 6.07) is 0. The van der Waals surface area contributed by atoms with Crippen LogP contribution < -0.4 is 0 Å². The summed E-state index contributed by atoms with van der Waals surface area (Å²) in [5, 5.41) is 0. The first kappa shape index (κ1) is 13.1. The van der Waals surface area contributed by atoms with E-state index in [0.29, 0.717) is 6.61 Å². The zero-order chi connectivity index (χ0) is 11.6. The SMILES string of the molecule is C#CC#CC#CC=CCOC(C)(C)C=C. The molecule has 0 saturated heterocycles. The Labute approximate surface area is 92.2 Å². The third-order valence-corrected chi connectivity index (χ3v) is 1.51. The van der Waals surface area contributed by atoms with Crippen LogP contribution in [0.25, 0.3) is 0 Å². The number of hydrogen-bond donors (Lipinski definition) is 0. The molecule has 0 spiro atoms. The molecule has 15 heavy (non-hydrogen) atoms. The van der Waals surface area contributed by atoms with Gasteiger partial charge in [0.1, 0.15) is 0 Å². The minimum Gasteiger partial charge on any atom is -0.367 e. The van der Waals surface area contributed by atoms with Crippen molar-refractivity contribution >= 4 is 0 Å². The van der Waals surface area contributed by atoms with Crippen LogP contribution in [0.15, 0.2) is 24.8 Å². The summed E-state index contributed by atoms with van der Waals surface area (Å²) in [4.78, 5) is 0. The fourth-order valence-electron chi connectivity index (χ4n) is 0.574. The lowest BCUT2D eigenvalue weighted by Gasteiger charge is -2.19. The largest absolute Gasteiger partial charge is 0.367 e. The van der Waals surface area contributed by atoms with Gasteiger partial charge < -0.3 is 4.74 Å². The van der Waals surface area contributed by atoms with E-state index in [1.165, 1.54) is 0 Å². The highest BCUT2D eigenvalue weighted by Crippen LogP contribution is 2.08. The maximum absolute atomic E-state index is 5.47. The van der Waals surface area contributed by atoms with Gasteiger partial charge in [0.15, 0.2) is 0 Å². The minimum absolute atomic E-state index is 0.305. The van der Waals surface area contributed by atoms with Crippen LogP contribution >= 0.6 is 0 Å². The van der Waals surface area contributed by atoms with E-state index in [0.717, 1.165) is 0 Å². The van der Waals surface area contributed by atoms with Crippen LogP contribution in [0.2, 0.25) is 0 Å². The first-order valence-electron chi connectivity index (χ1n) is 4.51. The standard InChI is InChI=1S/C14H14O/c1-5-7-8-9-10-11-12-13-15-14(3,4)6-2/h1,6,11-12H,2,13H2,3-4H3. The van der Waals surface area contributed by atoms with Crippen LogP contribution in [0.1, 0.15) is 13.8 Å². The van der Waals surface area contributed by atoms with Gasteiger partial charge in [0.05, 0.1) is 12.2 Å². The molecule has 0 unspecified atom stereocenters. The van der Waals surface area contributed by atoms with Crippen molar-refractivity contribution in [2.45, 2.75) is 19.4 Å². The van der Waals surface area contributed by atoms with Crippen molar-refractivity contribution in [2.75, 3.05) is 6.61 Å². The molecule has 0 aromatic heterocycles. The molecule has 0 bridgehead atoms. The number of hydrogen-bond acceptors (Lipinski definition) is 1. The Bertz CT molecular complexity index is 383. The molecule has 76 valence electrons. The number of ether oxygens (including phenoxy) is 1. The Morgan fingerprint density at radius 2 is 2.07 bits per heavy atom. The molecule has 0 aliphatic rings. The Hall–Kier alpha value is -1.88. The summed E-state index contributed by atoms with van der Waals surface area (Å²) >= 11 is 0. The van der Waals surface area contributed by atoms with E-state index in [9.17, 15) is 0 Å². The lowest BCUT2D eigenvalue weighted by molar-refractivity contribution is 0.0393. The van der Waals surface area contributed by atoms with E-state index < -0.39 is 0 Å². The molecule has 0 fully saturated rings. The number of terminal acetylenes is 1. The Balaban J connectivity index is 3.87. The highest BCUT2D eigenvalue weighted by Gasteiger charge is 2.10. The summed E-state index contributed by atoms with van der Waals surface area (Å²) in [5.41, 5.74) is -0.305. The fourth-order valence-corrected chi connectivity index (χ4v) is 0.574. The molecular formula is C14H14O. The molecule has 0 aromatic rings. The first-order chi connectivity index (χ1) is 7.12. The normalized spacial score (nSPS) is 9.40. The Morgan fingerprint density at radius 3 is 2.67 bits per heavy atom. The number of allylic oxidation sites excluding steroid dienone is 1. The third kappa shape index (κ3) is 8.45. The molecule has 0 amide bonds. The van der Waals surface area contributed by atoms with E-state index in [-0.39, 0.29) is 5.60 Å². The van der Waals surface area contributed by atoms with E-state index in [1.807, 2.05) is 19.9 Å². The average molecular weight is 198 g/mol. The first-order valence-corrected chi connectivity index (χ1v) is 4.51. The number of rotatable bonds is 4.